The van der Waals surface area contributed by atoms with Gasteiger partial charge in [0, 0.05) is 36.1 Å². The van der Waals surface area contributed by atoms with Crippen LogP contribution < -0.4 is 14.2 Å². The first-order chi connectivity index (χ1) is 16.0. The van der Waals surface area contributed by atoms with E-state index in [0.717, 1.165) is 29.3 Å². The van der Waals surface area contributed by atoms with Gasteiger partial charge >= 0.3 is 0 Å². The second kappa shape index (κ2) is 10.4. The van der Waals surface area contributed by atoms with Crippen LogP contribution in [0.4, 0.5) is 5.95 Å². The van der Waals surface area contributed by atoms with E-state index in [1.54, 1.807) is 26.2 Å². The zero-order valence-electron chi connectivity index (χ0n) is 19.6. The fraction of sp³-hybridized carbons (Fsp3) is 0.478. The van der Waals surface area contributed by atoms with E-state index in [9.17, 15) is 0 Å². The summed E-state index contributed by atoms with van der Waals surface area (Å²) in [5, 5.41) is 9.20. The van der Waals surface area contributed by atoms with E-state index in [2.05, 4.69) is 38.7 Å². The number of nitrogens with one attached hydrogen (secondary N) is 1. The van der Waals surface area contributed by atoms with Crippen molar-refractivity contribution < 1.29 is 14.2 Å². The Morgan fingerprint density at radius 2 is 1.82 bits per heavy atom. The Balaban J connectivity index is 1.65. The van der Waals surface area contributed by atoms with Crippen molar-refractivity contribution in [3.05, 3.63) is 47.8 Å². The van der Waals surface area contributed by atoms with Crippen LogP contribution >= 0.6 is 11.9 Å². The first-order valence-electron chi connectivity index (χ1n) is 11.0. The molecule has 2 aromatic heterocycles. The summed E-state index contributed by atoms with van der Waals surface area (Å²) in [6.07, 6.45) is 4.59. The molecule has 33 heavy (non-hydrogen) atoms. The van der Waals surface area contributed by atoms with Gasteiger partial charge in [0.2, 0.25) is 5.95 Å². The molecule has 3 atom stereocenters. The number of rotatable bonds is 9. The molecule has 1 aliphatic rings. The number of aromatic nitrogens is 5. The highest BCUT2D eigenvalue weighted by molar-refractivity contribution is 8.01. The number of methoxy groups -OCH3 is 2. The summed E-state index contributed by atoms with van der Waals surface area (Å²) in [5.74, 6) is 3.88. The lowest BCUT2D eigenvalue weighted by Gasteiger charge is -2.21. The van der Waals surface area contributed by atoms with Gasteiger partial charge in [-0.3, -0.25) is 9.29 Å². The summed E-state index contributed by atoms with van der Waals surface area (Å²) in [4.78, 5) is 8.98. The zero-order chi connectivity index (χ0) is 23.4. The Labute approximate surface area is 198 Å². The van der Waals surface area contributed by atoms with E-state index in [1.807, 2.05) is 42.1 Å². The average molecular weight is 471 g/mol. The maximum absolute atomic E-state index is 5.68. The second-order valence-corrected chi connectivity index (χ2v) is 9.30. The number of ether oxygens (including phenoxy) is 3. The van der Waals surface area contributed by atoms with Gasteiger partial charge in [0.25, 0.3) is 0 Å². The van der Waals surface area contributed by atoms with E-state index >= 15 is 0 Å². The third-order valence-corrected chi connectivity index (χ3v) is 6.94. The maximum atomic E-state index is 5.68. The fourth-order valence-corrected chi connectivity index (χ4v) is 4.48. The van der Waals surface area contributed by atoms with Crippen LogP contribution in [-0.2, 0) is 4.74 Å². The van der Waals surface area contributed by atoms with Gasteiger partial charge in [-0.2, -0.15) is 0 Å². The quantitative estimate of drug-likeness (QED) is 0.463. The van der Waals surface area contributed by atoms with Crippen LogP contribution in [0.1, 0.15) is 49.3 Å². The SMILES string of the molecule is COc1cccc(OC)c1-n1c(NSC(C)C(C)c2ncc(C)cn2)nnc1C1CCOC1. The molecule has 0 saturated carbocycles. The molecule has 1 N–H and O–H groups in total. The normalized spacial score (nSPS) is 17.5. The van der Waals surface area contributed by atoms with E-state index in [4.69, 9.17) is 14.2 Å². The summed E-state index contributed by atoms with van der Waals surface area (Å²) < 4.78 is 22.4. The third kappa shape index (κ3) is 4.91. The van der Waals surface area contributed by atoms with Crippen LogP contribution in [0.2, 0.25) is 0 Å². The molecule has 0 spiro atoms. The van der Waals surface area contributed by atoms with Gasteiger partial charge in [-0.05, 0) is 43.0 Å². The van der Waals surface area contributed by atoms with E-state index in [1.165, 1.54) is 0 Å². The largest absolute Gasteiger partial charge is 0.494 e. The molecule has 0 bridgehead atoms. The van der Waals surface area contributed by atoms with Gasteiger partial charge in [0.05, 0.1) is 20.8 Å². The molecular formula is C23H30N6O3S. The van der Waals surface area contributed by atoms with Crippen molar-refractivity contribution in [3.8, 4) is 17.2 Å². The van der Waals surface area contributed by atoms with Crippen molar-refractivity contribution in [2.24, 2.45) is 0 Å². The molecule has 0 amide bonds. The zero-order valence-corrected chi connectivity index (χ0v) is 20.4. The number of para-hydroxylation sites is 1. The molecule has 0 radical (unpaired) electrons. The van der Waals surface area contributed by atoms with Crippen LogP contribution in [0.25, 0.3) is 5.69 Å². The van der Waals surface area contributed by atoms with E-state index < -0.39 is 0 Å². The number of benzene rings is 1. The molecule has 3 aromatic rings. The number of aryl methyl sites for hydroxylation is 1. The predicted molar refractivity (Wildman–Crippen MR) is 128 cm³/mol. The van der Waals surface area contributed by atoms with Crippen molar-refractivity contribution in [1.82, 2.24) is 24.7 Å². The lowest BCUT2D eigenvalue weighted by atomic mass is 10.1. The Morgan fingerprint density at radius 1 is 1.12 bits per heavy atom. The topological polar surface area (TPSA) is 96.2 Å². The van der Waals surface area contributed by atoms with Crippen LogP contribution in [0.5, 0.6) is 11.5 Å². The maximum Gasteiger partial charge on any atom is 0.239 e. The summed E-state index contributed by atoms with van der Waals surface area (Å²) in [6.45, 7) is 7.57. The highest BCUT2D eigenvalue weighted by Gasteiger charge is 2.29. The number of hydrogen-bond donors (Lipinski definition) is 1. The van der Waals surface area contributed by atoms with Crippen LogP contribution in [0.15, 0.2) is 30.6 Å². The Hall–Kier alpha value is -2.85. The van der Waals surface area contributed by atoms with Gasteiger partial charge in [-0.15, -0.1) is 10.2 Å². The van der Waals surface area contributed by atoms with E-state index in [-0.39, 0.29) is 17.1 Å². The summed E-state index contributed by atoms with van der Waals surface area (Å²) in [5.41, 5.74) is 1.81. The molecule has 1 aliphatic heterocycles. The van der Waals surface area contributed by atoms with Crippen LogP contribution in [0.3, 0.4) is 0 Å². The summed E-state index contributed by atoms with van der Waals surface area (Å²) in [7, 11) is 3.29. The lowest BCUT2D eigenvalue weighted by molar-refractivity contribution is 0.193. The third-order valence-electron chi connectivity index (χ3n) is 5.86. The summed E-state index contributed by atoms with van der Waals surface area (Å²) in [6, 6.07) is 5.71. The van der Waals surface area contributed by atoms with Crippen molar-refractivity contribution >= 4 is 17.9 Å². The standard InChI is InChI=1S/C23H30N6O3S/c1-14-11-24-21(25-12-14)15(2)16(3)33-28-23-27-26-22(17-9-10-32-13-17)29(23)20-18(30-4)7-6-8-19(20)31-5/h6-8,11-12,15-17H,9-10,13H2,1-5H3,(H,27,28). The lowest BCUT2D eigenvalue weighted by Crippen LogP contribution is -2.16. The molecule has 4 rings (SSSR count). The number of hydrogen-bond acceptors (Lipinski definition) is 9. The molecule has 9 nitrogen and oxygen atoms in total. The highest BCUT2D eigenvalue weighted by Crippen LogP contribution is 2.39. The van der Waals surface area contributed by atoms with Crippen molar-refractivity contribution in [2.75, 3.05) is 32.2 Å². The molecule has 3 unspecified atom stereocenters. The molecular weight excluding hydrogens is 440 g/mol. The van der Waals surface area contributed by atoms with Crippen molar-refractivity contribution in [3.63, 3.8) is 0 Å². The minimum Gasteiger partial charge on any atom is -0.494 e. The smallest absolute Gasteiger partial charge is 0.239 e. The Bertz CT molecular complexity index is 1050. The van der Waals surface area contributed by atoms with Crippen molar-refractivity contribution in [1.29, 1.82) is 0 Å². The van der Waals surface area contributed by atoms with Gasteiger partial charge in [0.15, 0.2) is 0 Å². The predicted octanol–water partition coefficient (Wildman–Crippen LogP) is 4.14. The van der Waals surface area contributed by atoms with Crippen LogP contribution in [0, 0.1) is 6.92 Å². The summed E-state index contributed by atoms with van der Waals surface area (Å²) >= 11 is 1.56. The Kier molecular flexibility index (Phi) is 7.34. The fourth-order valence-electron chi connectivity index (χ4n) is 3.73. The molecule has 176 valence electrons. The minimum atomic E-state index is 0.142. The molecule has 1 aromatic carbocycles. The first-order valence-corrected chi connectivity index (χ1v) is 11.9. The van der Waals surface area contributed by atoms with Crippen LogP contribution in [-0.4, -0.2) is 57.4 Å². The van der Waals surface area contributed by atoms with Gasteiger partial charge in [0.1, 0.15) is 28.8 Å². The average Bonchev–Trinajstić information content (AvgIpc) is 3.51. The monoisotopic (exact) mass is 470 g/mol. The molecule has 1 saturated heterocycles. The minimum absolute atomic E-state index is 0.142. The first kappa shape index (κ1) is 23.3. The Morgan fingerprint density at radius 3 is 2.42 bits per heavy atom. The molecule has 3 heterocycles. The second-order valence-electron chi connectivity index (χ2n) is 8.12. The molecule has 10 heteroatoms. The highest BCUT2D eigenvalue weighted by atomic mass is 32.2. The van der Waals surface area contributed by atoms with E-state index in [0.29, 0.717) is 30.7 Å². The number of anilines is 1. The number of nitrogens with zero attached hydrogens (tertiary/aromatic N) is 5. The molecule has 0 aliphatic carbocycles. The molecule has 1 fully saturated rings. The van der Waals surface area contributed by atoms with Gasteiger partial charge < -0.3 is 14.2 Å². The van der Waals surface area contributed by atoms with Crippen molar-refractivity contribution in [2.45, 2.75) is 44.3 Å². The van der Waals surface area contributed by atoms with Gasteiger partial charge in [-0.1, -0.05) is 19.9 Å². The van der Waals surface area contributed by atoms with Gasteiger partial charge in [-0.25, -0.2) is 9.97 Å².